The molecule has 0 radical (unpaired) electrons. The SMILES string of the molecule is CCCCCCCCS(=O)(=O)C(CNCC)OP(=O)(O)OC(CNCC)S(=O)(=O)CCCCCCCC. The van der Waals surface area contributed by atoms with Gasteiger partial charge in [0.1, 0.15) is 0 Å². The van der Waals surface area contributed by atoms with Crippen molar-refractivity contribution in [1.82, 2.24) is 10.6 Å². The molecular weight excluding hydrogens is 539 g/mol. The lowest BCUT2D eigenvalue weighted by molar-refractivity contribution is 0.121. The Hall–Kier alpha value is -0.0700. The molecule has 2 atom stereocenters. The van der Waals surface area contributed by atoms with Gasteiger partial charge in [-0.15, -0.1) is 0 Å². The lowest BCUT2D eigenvalue weighted by Gasteiger charge is -2.25. The molecule has 2 unspecified atom stereocenters. The number of phosphoric ester groups is 1. The van der Waals surface area contributed by atoms with Crippen LogP contribution in [0.3, 0.4) is 0 Å². The van der Waals surface area contributed by atoms with E-state index >= 15 is 0 Å². The summed E-state index contributed by atoms with van der Waals surface area (Å²) in [4.78, 5) is 10.4. The molecule has 13 heteroatoms. The van der Waals surface area contributed by atoms with Crippen LogP contribution in [0.2, 0.25) is 0 Å². The minimum atomic E-state index is -5.02. The first kappa shape index (κ1) is 36.9. The number of phosphoric acid groups is 1. The average molecular weight is 593 g/mol. The maximum atomic E-state index is 12.9. The minimum Gasteiger partial charge on any atom is -0.313 e. The lowest BCUT2D eigenvalue weighted by atomic mass is 10.1. The van der Waals surface area contributed by atoms with Gasteiger partial charge in [0.2, 0.25) is 0 Å². The Morgan fingerprint density at radius 3 is 1.27 bits per heavy atom. The highest BCUT2D eigenvalue weighted by molar-refractivity contribution is 7.92. The highest BCUT2D eigenvalue weighted by atomic mass is 32.2. The second kappa shape index (κ2) is 20.8. The van der Waals surface area contributed by atoms with Crippen LogP contribution in [0.5, 0.6) is 0 Å². The molecule has 0 spiro atoms. The first-order valence-electron chi connectivity index (χ1n) is 14.0. The molecule has 0 saturated carbocycles. The standard InChI is InChI=1S/C24H53N2O8PS2/c1-5-9-11-13-15-17-19-36(29,30)23(21-25-7-3)33-35(27,28)34-24(22-26-8-4)37(31,32)20-18-16-14-12-10-6-2/h23-26H,5-22H2,1-4H3,(H,27,28). The smallest absolute Gasteiger partial charge is 0.313 e. The molecule has 224 valence electrons. The Morgan fingerprint density at radius 1 is 0.622 bits per heavy atom. The monoisotopic (exact) mass is 592 g/mol. The van der Waals surface area contributed by atoms with Crippen molar-refractivity contribution in [3.8, 4) is 0 Å². The second-order valence-corrected chi connectivity index (χ2v) is 15.3. The van der Waals surface area contributed by atoms with E-state index in [1.54, 1.807) is 13.8 Å². The summed E-state index contributed by atoms with van der Waals surface area (Å²) in [6.45, 7) is 8.20. The summed E-state index contributed by atoms with van der Waals surface area (Å²) >= 11 is 0. The predicted octanol–water partition coefficient (Wildman–Crippen LogP) is 4.54. The van der Waals surface area contributed by atoms with Gasteiger partial charge in [-0.25, -0.2) is 21.4 Å². The van der Waals surface area contributed by atoms with Gasteiger partial charge in [-0.1, -0.05) is 91.9 Å². The highest BCUT2D eigenvalue weighted by Gasteiger charge is 2.39. The third-order valence-corrected chi connectivity index (χ3v) is 11.2. The van der Waals surface area contributed by atoms with Gasteiger partial charge in [0.15, 0.2) is 30.5 Å². The van der Waals surface area contributed by atoms with E-state index in [-0.39, 0.29) is 24.6 Å². The third kappa shape index (κ3) is 18.0. The normalized spacial score (nSPS) is 15.9. The number of hydrogen-bond acceptors (Lipinski definition) is 9. The molecule has 0 saturated heterocycles. The van der Waals surface area contributed by atoms with Gasteiger partial charge in [0, 0.05) is 13.1 Å². The molecule has 0 heterocycles. The number of rotatable bonds is 26. The number of unbranched alkanes of at least 4 members (excludes halogenated alkanes) is 10. The largest absolute Gasteiger partial charge is 0.474 e. The molecule has 0 rings (SSSR count). The number of nitrogens with one attached hydrogen (secondary N) is 2. The molecule has 0 amide bonds. The van der Waals surface area contributed by atoms with Gasteiger partial charge >= 0.3 is 7.82 Å². The fourth-order valence-corrected chi connectivity index (χ4v) is 8.71. The van der Waals surface area contributed by atoms with Crippen LogP contribution in [0.4, 0.5) is 0 Å². The molecule has 10 nitrogen and oxygen atoms in total. The van der Waals surface area contributed by atoms with E-state index in [0.29, 0.717) is 25.9 Å². The van der Waals surface area contributed by atoms with E-state index in [4.69, 9.17) is 9.05 Å². The maximum absolute atomic E-state index is 12.9. The second-order valence-electron chi connectivity index (χ2n) is 9.42. The van der Waals surface area contributed by atoms with Crippen molar-refractivity contribution >= 4 is 27.5 Å². The molecule has 37 heavy (non-hydrogen) atoms. The van der Waals surface area contributed by atoms with Gasteiger partial charge in [-0.3, -0.25) is 9.05 Å². The van der Waals surface area contributed by atoms with E-state index in [9.17, 15) is 26.3 Å². The summed E-state index contributed by atoms with van der Waals surface area (Å²) in [6, 6.07) is 0. The topological polar surface area (TPSA) is 148 Å². The van der Waals surface area contributed by atoms with Crippen molar-refractivity contribution in [2.45, 2.75) is 116 Å². The molecule has 0 fully saturated rings. The molecule has 0 aromatic carbocycles. The van der Waals surface area contributed by atoms with Crippen LogP contribution >= 0.6 is 7.82 Å². The van der Waals surface area contributed by atoms with Crippen molar-refractivity contribution < 1.29 is 35.3 Å². The third-order valence-electron chi connectivity index (χ3n) is 5.99. The fraction of sp³-hybridized carbons (Fsp3) is 1.00. The summed E-state index contributed by atoms with van der Waals surface area (Å²) in [5.74, 6) is -0.376. The Labute approximate surface area is 226 Å². The average Bonchev–Trinajstić information content (AvgIpc) is 2.83. The number of likely N-dealkylation sites (N-methyl/N-ethyl adjacent to an activating group) is 2. The van der Waals surface area contributed by atoms with E-state index in [1.165, 1.54) is 0 Å². The summed E-state index contributed by atoms with van der Waals surface area (Å²) in [5, 5.41) is 5.68. The van der Waals surface area contributed by atoms with Crippen molar-refractivity contribution in [3.05, 3.63) is 0 Å². The van der Waals surface area contributed by atoms with Gasteiger partial charge in [0.25, 0.3) is 0 Å². The van der Waals surface area contributed by atoms with Crippen molar-refractivity contribution in [3.63, 3.8) is 0 Å². The summed E-state index contributed by atoms with van der Waals surface area (Å²) in [5.41, 5.74) is -3.25. The highest BCUT2D eigenvalue weighted by Crippen LogP contribution is 2.47. The molecule has 0 aromatic heterocycles. The van der Waals surface area contributed by atoms with Crippen molar-refractivity contribution in [2.75, 3.05) is 37.7 Å². The Balaban J connectivity index is 5.29. The van der Waals surface area contributed by atoms with Gasteiger partial charge in [-0.2, -0.15) is 0 Å². The van der Waals surface area contributed by atoms with E-state index < -0.39 is 38.4 Å². The van der Waals surface area contributed by atoms with Crippen LogP contribution in [0.25, 0.3) is 0 Å². The van der Waals surface area contributed by atoms with Crippen LogP contribution < -0.4 is 10.6 Å². The van der Waals surface area contributed by atoms with Crippen molar-refractivity contribution in [1.29, 1.82) is 0 Å². The summed E-state index contributed by atoms with van der Waals surface area (Å²) in [7, 11) is -12.8. The molecule has 0 aliphatic carbocycles. The van der Waals surface area contributed by atoms with E-state index in [2.05, 4.69) is 24.5 Å². The minimum absolute atomic E-state index is 0.188. The van der Waals surface area contributed by atoms with Gasteiger partial charge < -0.3 is 15.5 Å². The van der Waals surface area contributed by atoms with Crippen LogP contribution in [-0.4, -0.2) is 70.3 Å². The quantitative estimate of drug-likeness (QED) is 0.0965. The lowest BCUT2D eigenvalue weighted by Crippen LogP contribution is -2.39. The van der Waals surface area contributed by atoms with Gasteiger partial charge in [0.05, 0.1) is 11.5 Å². The van der Waals surface area contributed by atoms with Crippen LogP contribution in [0.15, 0.2) is 0 Å². The first-order valence-corrected chi connectivity index (χ1v) is 18.9. The molecule has 0 aliphatic heterocycles. The Morgan fingerprint density at radius 2 is 0.946 bits per heavy atom. The molecule has 0 aliphatic rings. The van der Waals surface area contributed by atoms with Crippen molar-refractivity contribution in [2.24, 2.45) is 0 Å². The zero-order valence-electron chi connectivity index (χ0n) is 23.5. The molecule has 0 bridgehead atoms. The van der Waals surface area contributed by atoms with Crippen LogP contribution in [0, 0.1) is 0 Å². The molecular formula is C24H53N2O8PS2. The molecule has 0 aromatic rings. The number of hydrogen-bond donors (Lipinski definition) is 3. The maximum Gasteiger partial charge on any atom is 0.474 e. The Kier molecular flexibility index (Phi) is 20.7. The summed E-state index contributed by atoms with van der Waals surface area (Å²) < 4.78 is 74.8. The zero-order valence-corrected chi connectivity index (χ0v) is 26.0. The number of sulfone groups is 2. The van der Waals surface area contributed by atoms with Gasteiger partial charge in [-0.05, 0) is 25.9 Å². The Bertz CT molecular complexity index is 761. The van der Waals surface area contributed by atoms with Crippen LogP contribution in [0.1, 0.15) is 105 Å². The zero-order chi connectivity index (χ0) is 28.2. The van der Waals surface area contributed by atoms with Crippen LogP contribution in [-0.2, 0) is 33.3 Å². The predicted molar refractivity (Wildman–Crippen MR) is 151 cm³/mol. The van der Waals surface area contributed by atoms with E-state index in [1.807, 2.05) is 0 Å². The first-order chi connectivity index (χ1) is 17.5. The summed E-state index contributed by atoms with van der Waals surface area (Å²) in [6.07, 6.45) is 10.6. The molecule has 3 N–H and O–H groups in total. The fourth-order valence-electron chi connectivity index (χ4n) is 3.74. The van der Waals surface area contributed by atoms with E-state index in [0.717, 1.165) is 64.2 Å².